The Bertz CT molecular complexity index is 831. The first kappa shape index (κ1) is 36.9. The zero-order chi connectivity index (χ0) is 30.5. The Balaban J connectivity index is 2.41. The first-order valence-corrected chi connectivity index (χ1v) is 26.5. The van der Waals surface area contributed by atoms with Crippen molar-refractivity contribution in [3.8, 4) is 0 Å². The fourth-order valence-electron chi connectivity index (χ4n) is 4.45. The molecule has 0 bridgehead atoms. The molecule has 40 heavy (non-hydrogen) atoms. The summed E-state index contributed by atoms with van der Waals surface area (Å²) >= 11 is 0. The van der Waals surface area contributed by atoms with Gasteiger partial charge in [-0.25, -0.2) is 9.59 Å². The molecular formula is C28H54O8Si4. The van der Waals surface area contributed by atoms with E-state index in [1.165, 1.54) is 12.8 Å². The number of unbranched alkanes of at least 4 members (excludes halogenated alkanes) is 2. The van der Waals surface area contributed by atoms with Gasteiger partial charge in [0.2, 0.25) is 0 Å². The van der Waals surface area contributed by atoms with Gasteiger partial charge < -0.3 is 26.6 Å². The molecule has 0 aliphatic rings. The van der Waals surface area contributed by atoms with Crippen molar-refractivity contribution < 1.29 is 36.1 Å². The lowest BCUT2D eigenvalue weighted by molar-refractivity contribution is 0.0420. The number of carbonyl (C=O) groups excluding carboxylic acids is 2. The van der Waals surface area contributed by atoms with Crippen molar-refractivity contribution in [2.45, 2.75) is 104 Å². The van der Waals surface area contributed by atoms with Gasteiger partial charge in [0.05, 0.1) is 24.3 Å². The minimum Gasteiger partial charge on any atom is -0.460 e. The molecule has 0 fully saturated rings. The zero-order valence-corrected chi connectivity index (χ0v) is 30.6. The van der Waals surface area contributed by atoms with Crippen LogP contribution < -0.4 is 0 Å². The number of esters is 2. The second kappa shape index (κ2) is 17.1. The molecule has 0 heterocycles. The van der Waals surface area contributed by atoms with Gasteiger partial charge >= 0.3 is 29.1 Å². The van der Waals surface area contributed by atoms with E-state index in [9.17, 15) is 9.59 Å². The topological polar surface area (TPSA) is 89.5 Å². The third-order valence-electron chi connectivity index (χ3n) is 6.20. The predicted molar refractivity (Wildman–Crippen MR) is 170 cm³/mol. The summed E-state index contributed by atoms with van der Waals surface area (Å²) < 4.78 is 35.5. The molecule has 0 saturated carbocycles. The van der Waals surface area contributed by atoms with Crippen molar-refractivity contribution in [2.75, 3.05) is 26.4 Å². The van der Waals surface area contributed by atoms with E-state index in [1.54, 1.807) is 24.3 Å². The minimum atomic E-state index is -2.29. The van der Waals surface area contributed by atoms with Crippen LogP contribution in [0.2, 0.25) is 64.5 Å². The third-order valence-corrected chi connectivity index (χ3v) is 19.5. The van der Waals surface area contributed by atoms with Gasteiger partial charge in [-0.3, -0.25) is 0 Å². The SMILES string of the molecule is CCCC[Si](C)(C)O[Si](C)(C)OCCOC(=O)c1ccc(C(=O)OCCO[Si](C)(C)O[Si](C)(C)CCCC)cc1. The summed E-state index contributed by atoms with van der Waals surface area (Å²) in [5.74, 6) is -0.930. The molecule has 1 rings (SSSR count). The highest BCUT2D eigenvalue weighted by Crippen LogP contribution is 2.22. The van der Waals surface area contributed by atoms with Crippen molar-refractivity contribution >= 4 is 45.7 Å². The second-order valence-electron chi connectivity index (χ2n) is 12.3. The standard InChI is InChI=1S/C28H54O8Si4/c1-11-13-23-37(3,4)35-39(7,8)33-21-19-31-27(29)25-15-17-26(18-16-25)28(30)32-20-22-34-40(9,10)36-38(5,6)24-14-12-2/h15-18H,11-14,19-24H2,1-10H3. The van der Waals surface area contributed by atoms with Crippen molar-refractivity contribution in [3.05, 3.63) is 35.4 Å². The van der Waals surface area contributed by atoms with Crippen LogP contribution in [0.5, 0.6) is 0 Å². The van der Waals surface area contributed by atoms with Crippen molar-refractivity contribution in [1.29, 1.82) is 0 Å². The maximum Gasteiger partial charge on any atom is 0.338 e. The highest BCUT2D eigenvalue weighted by Gasteiger charge is 2.35. The molecule has 0 aromatic heterocycles. The smallest absolute Gasteiger partial charge is 0.338 e. The summed E-state index contributed by atoms with van der Waals surface area (Å²) in [6, 6.07) is 8.48. The Kier molecular flexibility index (Phi) is 15.8. The molecule has 0 unspecified atom stereocenters. The number of carbonyl (C=O) groups is 2. The molecule has 0 saturated heterocycles. The monoisotopic (exact) mass is 630 g/mol. The lowest BCUT2D eigenvalue weighted by atomic mass is 10.1. The quantitative estimate of drug-likeness (QED) is 0.0832. The van der Waals surface area contributed by atoms with Crippen LogP contribution in [-0.2, 0) is 26.6 Å². The van der Waals surface area contributed by atoms with Crippen molar-refractivity contribution in [3.63, 3.8) is 0 Å². The van der Waals surface area contributed by atoms with E-state index in [0.717, 1.165) is 24.9 Å². The van der Waals surface area contributed by atoms with Crippen LogP contribution in [0.1, 0.15) is 60.2 Å². The predicted octanol–water partition coefficient (Wildman–Crippen LogP) is 7.48. The Morgan fingerprint density at radius 2 is 0.900 bits per heavy atom. The molecule has 0 atom stereocenters. The summed E-state index contributed by atoms with van der Waals surface area (Å²) in [5.41, 5.74) is 0.723. The molecule has 0 radical (unpaired) electrons. The molecule has 8 nitrogen and oxygen atoms in total. The van der Waals surface area contributed by atoms with Gasteiger partial charge in [0.1, 0.15) is 13.2 Å². The molecule has 230 valence electrons. The van der Waals surface area contributed by atoms with Gasteiger partial charge in [-0.1, -0.05) is 39.5 Å². The maximum atomic E-state index is 12.4. The summed E-state index contributed by atoms with van der Waals surface area (Å²) in [5, 5.41) is 0. The normalized spacial score (nSPS) is 12.8. The Morgan fingerprint density at radius 1 is 0.575 bits per heavy atom. The third kappa shape index (κ3) is 15.8. The molecule has 0 amide bonds. The van der Waals surface area contributed by atoms with E-state index in [-0.39, 0.29) is 13.2 Å². The lowest BCUT2D eigenvalue weighted by Crippen LogP contribution is -2.47. The Labute approximate surface area is 247 Å². The molecule has 1 aromatic carbocycles. The molecule has 1 aromatic rings. The zero-order valence-electron chi connectivity index (χ0n) is 26.6. The Morgan fingerprint density at radius 3 is 1.20 bits per heavy atom. The van der Waals surface area contributed by atoms with E-state index in [4.69, 9.17) is 26.6 Å². The van der Waals surface area contributed by atoms with Crippen LogP contribution in [0.25, 0.3) is 0 Å². The first-order valence-electron chi connectivity index (χ1n) is 14.6. The van der Waals surface area contributed by atoms with E-state index in [1.807, 2.05) is 26.2 Å². The Hall–Kier alpha value is -1.13. The molecule has 12 heteroatoms. The van der Waals surface area contributed by atoms with E-state index >= 15 is 0 Å². The van der Waals surface area contributed by atoms with Crippen molar-refractivity contribution in [1.82, 2.24) is 0 Å². The minimum absolute atomic E-state index is 0.140. The van der Waals surface area contributed by atoms with Gasteiger partial charge in [-0.15, -0.1) is 0 Å². The second-order valence-corrected chi connectivity index (χ2v) is 28.1. The number of hydrogen-bond acceptors (Lipinski definition) is 8. The number of hydrogen-bond donors (Lipinski definition) is 0. The summed E-state index contributed by atoms with van der Waals surface area (Å²) in [7, 11) is -8.11. The van der Waals surface area contributed by atoms with E-state index < -0.39 is 45.7 Å². The van der Waals surface area contributed by atoms with Crippen LogP contribution in [0.4, 0.5) is 0 Å². The van der Waals surface area contributed by atoms with Crippen molar-refractivity contribution in [2.24, 2.45) is 0 Å². The fraction of sp³-hybridized carbons (Fsp3) is 0.714. The summed E-state index contributed by atoms with van der Waals surface area (Å²) in [4.78, 5) is 24.9. The summed E-state index contributed by atoms with van der Waals surface area (Å²) in [6.07, 6.45) is 4.65. The molecule has 0 spiro atoms. The number of ether oxygens (including phenoxy) is 2. The van der Waals surface area contributed by atoms with Crippen LogP contribution in [-0.4, -0.2) is 72.1 Å². The summed E-state index contributed by atoms with van der Waals surface area (Å²) in [6.45, 7) is 22.3. The number of rotatable bonds is 20. The average molecular weight is 631 g/mol. The highest BCUT2D eigenvalue weighted by molar-refractivity contribution is 6.82. The van der Waals surface area contributed by atoms with Crippen LogP contribution in [0.3, 0.4) is 0 Å². The largest absolute Gasteiger partial charge is 0.460 e. The highest BCUT2D eigenvalue weighted by atomic mass is 28.4. The maximum absolute atomic E-state index is 12.4. The fourth-order valence-corrected chi connectivity index (χ4v) is 19.9. The lowest BCUT2D eigenvalue weighted by Gasteiger charge is -2.33. The van der Waals surface area contributed by atoms with E-state index in [0.29, 0.717) is 24.3 Å². The van der Waals surface area contributed by atoms with Gasteiger partial charge in [0, 0.05) is 0 Å². The van der Waals surface area contributed by atoms with Crippen LogP contribution >= 0.6 is 0 Å². The number of benzene rings is 1. The molecule has 0 aliphatic heterocycles. The average Bonchev–Trinajstić information content (AvgIpc) is 2.85. The van der Waals surface area contributed by atoms with Gasteiger partial charge in [-0.2, -0.15) is 0 Å². The molecule has 0 aliphatic carbocycles. The van der Waals surface area contributed by atoms with Gasteiger partial charge in [-0.05, 0) is 88.7 Å². The van der Waals surface area contributed by atoms with E-state index in [2.05, 4.69) is 40.0 Å². The van der Waals surface area contributed by atoms with Crippen LogP contribution in [0.15, 0.2) is 24.3 Å². The molecular weight excluding hydrogens is 577 g/mol. The molecule has 0 N–H and O–H groups in total. The van der Waals surface area contributed by atoms with Crippen LogP contribution in [0, 0.1) is 0 Å². The van der Waals surface area contributed by atoms with Gasteiger partial charge in [0.25, 0.3) is 0 Å². The first-order chi connectivity index (χ1) is 18.5. The van der Waals surface area contributed by atoms with Gasteiger partial charge in [0.15, 0.2) is 16.6 Å².